The first kappa shape index (κ1) is 40.2. The highest BCUT2D eigenvalue weighted by atomic mass is 32.2. The van der Waals surface area contributed by atoms with Gasteiger partial charge < -0.3 is 25.0 Å². The van der Waals surface area contributed by atoms with Crippen molar-refractivity contribution >= 4 is 43.1 Å². The van der Waals surface area contributed by atoms with E-state index in [0.29, 0.717) is 23.0 Å². The maximum Gasteiger partial charge on any atom is 0.321 e. The number of aliphatic hydroxyl groups is 1. The van der Waals surface area contributed by atoms with Crippen molar-refractivity contribution in [2.75, 3.05) is 39.5 Å². The van der Waals surface area contributed by atoms with E-state index in [-0.39, 0.29) is 61.1 Å². The largest absolute Gasteiger partial charge is 0.497 e. The number of carbonyl (C=O) groups excluding carboxylic acids is 2. The van der Waals surface area contributed by atoms with Crippen molar-refractivity contribution in [1.29, 1.82) is 0 Å². The number of aliphatic hydroxyl groups excluding tert-OH is 1. The van der Waals surface area contributed by atoms with E-state index in [1.54, 1.807) is 22.4 Å². The van der Waals surface area contributed by atoms with Crippen LogP contribution in [0.3, 0.4) is 0 Å². The highest BCUT2D eigenvalue weighted by Crippen LogP contribution is 2.24. The topological polar surface area (TPSA) is 167 Å². The van der Waals surface area contributed by atoms with Crippen molar-refractivity contribution in [3.8, 4) is 5.75 Å². The summed E-state index contributed by atoms with van der Waals surface area (Å²) in [4.78, 5) is 35.3. The molecule has 1 fully saturated rings. The van der Waals surface area contributed by atoms with Crippen LogP contribution in [-0.4, -0.2) is 111 Å². The van der Waals surface area contributed by atoms with Gasteiger partial charge in [-0.1, -0.05) is 58.0 Å². The van der Waals surface area contributed by atoms with Crippen molar-refractivity contribution in [3.63, 3.8) is 0 Å². The lowest BCUT2D eigenvalue weighted by Crippen LogP contribution is -2.57. The first-order valence-corrected chi connectivity index (χ1v) is 21.2. The van der Waals surface area contributed by atoms with Crippen molar-refractivity contribution in [3.05, 3.63) is 76.2 Å². The van der Waals surface area contributed by atoms with Crippen LogP contribution >= 0.6 is 11.3 Å². The van der Waals surface area contributed by atoms with Gasteiger partial charge in [-0.2, -0.15) is 4.31 Å². The van der Waals surface area contributed by atoms with Crippen molar-refractivity contribution in [1.82, 2.24) is 24.4 Å². The number of ether oxygens (including phenoxy) is 1. The zero-order chi connectivity index (χ0) is 37.5. The Hall–Kier alpha value is -3.57. The fraction of sp³-hybridized carbons (Fsp3) is 0.514. The normalized spacial score (nSPS) is 15.8. The van der Waals surface area contributed by atoms with E-state index in [2.05, 4.69) is 10.3 Å². The van der Waals surface area contributed by atoms with Crippen LogP contribution in [0.15, 0.2) is 64.9 Å². The predicted molar refractivity (Wildman–Crippen MR) is 196 cm³/mol. The van der Waals surface area contributed by atoms with Crippen LogP contribution in [-0.2, 0) is 43.4 Å². The number of nitrogens with one attached hydrogen (secondary N) is 1. The second kappa shape index (κ2) is 17.3. The minimum absolute atomic E-state index is 0.0565. The lowest BCUT2D eigenvalue weighted by molar-refractivity contribution is -0.128. The summed E-state index contributed by atoms with van der Waals surface area (Å²) in [5.41, 5.74) is 1.40. The molecule has 1 saturated heterocycles. The molecule has 280 valence electrons. The number of aromatic nitrogens is 1. The number of sulfonamides is 1. The molecule has 0 spiro atoms. The standard InChI is InChI=1S/C35H49N5O8S3/c1-24(2)19-39(51(46,47)29-14-12-28(48-5)13-15-29)21-31(41)30(18-26-10-8-7-9-11-26)37-34(42)33(25(3)4)40-17-16-38(35(40)43)20-27-22-49-32(36-27)23-50(6,44)45/h7-15,22,24-25,30-31,33,41H,16-21,23H2,1-6H3,(H,37,42)/t30-,31+,33-/m0/s1. The van der Waals surface area contributed by atoms with Crippen LogP contribution in [0.2, 0.25) is 0 Å². The number of nitrogens with zero attached hydrogens (tertiary/aromatic N) is 4. The molecule has 3 atom stereocenters. The molecule has 0 saturated carbocycles. The van der Waals surface area contributed by atoms with E-state index in [9.17, 15) is 31.5 Å². The van der Waals surface area contributed by atoms with Gasteiger partial charge in [0.15, 0.2) is 9.84 Å². The monoisotopic (exact) mass is 763 g/mol. The molecule has 13 nitrogen and oxygen atoms in total. The minimum atomic E-state index is -4.03. The molecular formula is C35H49N5O8S3. The Morgan fingerprint density at radius 2 is 1.69 bits per heavy atom. The fourth-order valence-corrected chi connectivity index (χ4v) is 9.67. The number of carbonyl (C=O) groups is 2. The second-order valence-electron chi connectivity index (χ2n) is 13.7. The van der Waals surface area contributed by atoms with Gasteiger partial charge in [-0.05, 0) is 48.1 Å². The highest BCUT2D eigenvalue weighted by molar-refractivity contribution is 7.90. The summed E-state index contributed by atoms with van der Waals surface area (Å²) >= 11 is 1.22. The molecule has 3 aromatic rings. The Balaban J connectivity index is 1.54. The number of hydrogen-bond donors (Lipinski definition) is 2. The van der Waals surface area contributed by atoms with Gasteiger partial charge >= 0.3 is 6.03 Å². The first-order valence-electron chi connectivity index (χ1n) is 16.8. The van der Waals surface area contributed by atoms with Gasteiger partial charge in [0.05, 0.1) is 36.4 Å². The third kappa shape index (κ3) is 11.0. The number of rotatable bonds is 18. The van der Waals surface area contributed by atoms with Crippen molar-refractivity contribution in [2.45, 2.75) is 69.5 Å². The van der Waals surface area contributed by atoms with E-state index in [0.717, 1.165) is 11.8 Å². The van der Waals surface area contributed by atoms with Gasteiger partial charge in [0, 0.05) is 37.8 Å². The Labute approximate surface area is 305 Å². The third-order valence-corrected chi connectivity index (χ3v) is 12.2. The summed E-state index contributed by atoms with van der Waals surface area (Å²) in [5.74, 6) is -0.477. The smallest absolute Gasteiger partial charge is 0.321 e. The number of thiazole rings is 1. The molecule has 1 aromatic heterocycles. The average Bonchev–Trinajstić information content (AvgIpc) is 3.64. The maximum atomic E-state index is 14.1. The van der Waals surface area contributed by atoms with Crippen LogP contribution < -0.4 is 10.1 Å². The molecule has 1 aliphatic rings. The maximum absolute atomic E-state index is 14.1. The predicted octanol–water partition coefficient (Wildman–Crippen LogP) is 3.39. The molecule has 0 radical (unpaired) electrons. The van der Waals surface area contributed by atoms with E-state index >= 15 is 0 Å². The van der Waals surface area contributed by atoms with Crippen LogP contribution in [0.5, 0.6) is 5.75 Å². The van der Waals surface area contributed by atoms with Gasteiger partial charge in [-0.15, -0.1) is 11.3 Å². The fourth-order valence-electron chi connectivity index (χ4n) is 6.05. The number of benzene rings is 2. The quantitative estimate of drug-likeness (QED) is 0.198. The molecule has 0 unspecified atom stereocenters. The van der Waals surface area contributed by atoms with E-state index < -0.39 is 44.0 Å². The summed E-state index contributed by atoms with van der Waals surface area (Å²) in [6.45, 7) is 8.12. The molecule has 3 amide bonds. The van der Waals surface area contributed by atoms with Gasteiger partial charge in [-0.3, -0.25) is 4.79 Å². The zero-order valence-corrected chi connectivity index (χ0v) is 32.4. The Morgan fingerprint density at radius 3 is 2.27 bits per heavy atom. The lowest BCUT2D eigenvalue weighted by Gasteiger charge is -2.34. The Kier molecular flexibility index (Phi) is 13.6. The van der Waals surface area contributed by atoms with Crippen LogP contribution in [0.25, 0.3) is 0 Å². The molecule has 0 aliphatic carbocycles. The van der Waals surface area contributed by atoms with Crippen LogP contribution in [0.1, 0.15) is 44.0 Å². The second-order valence-corrected chi connectivity index (χ2v) is 18.7. The number of hydrogen-bond acceptors (Lipinski definition) is 10. The minimum Gasteiger partial charge on any atom is -0.497 e. The van der Waals surface area contributed by atoms with Crippen LogP contribution in [0.4, 0.5) is 4.79 Å². The number of amides is 3. The van der Waals surface area contributed by atoms with Gasteiger partial charge in [-0.25, -0.2) is 26.6 Å². The van der Waals surface area contributed by atoms with Crippen molar-refractivity contribution < 1.29 is 36.3 Å². The molecule has 4 rings (SSSR count). The van der Waals surface area contributed by atoms with Gasteiger partial charge in [0.25, 0.3) is 0 Å². The zero-order valence-electron chi connectivity index (χ0n) is 29.9. The first-order chi connectivity index (χ1) is 24.0. The molecule has 2 N–H and O–H groups in total. The summed E-state index contributed by atoms with van der Waals surface area (Å²) in [6.07, 6.45) is 0.0595. The Bertz CT molecular complexity index is 1830. The highest BCUT2D eigenvalue weighted by Gasteiger charge is 2.40. The van der Waals surface area contributed by atoms with E-state index in [4.69, 9.17) is 4.74 Å². The SMILES string of the molecule is COc1ccc(S(=O)(=O)N(CC(C)C)C[C@@H](O)[C@H](Cc2ccccc2)NC(=O)[C@H](C(C)C)N2CCN(Cc3csc(CS(C)(=O)=O)n3)C2=O)cc1. The molecule has 16 heteroatoms. The summed E-state index contributed by atoms with van der Waals surface area (Å²) < 4.78 is 57.5. The third-order valence-electron chi connectivity index (χ3n) is 8.45. The Morgan fingerprint density at radius 1 is 1.02 bits per heavy atom. The molecule has 0 bridgehead atoms. The van der Waals surface area contributed by atoms with E-state index in [1.165, 1.54) is 39.8 Å². The molecule has 2 heterocycles. The van der Waals surface area contributed by atoms with Gasteiger partial charge in [0.2, 0.25) is 15.9 Å². The summed E-state index contributed by atoms with van der Waals surface area (Å²) in [5, 5.41) is 16.9. The molecule has 2 aromatic carbocycles. The average molecular weight is 764 g/mol. The molecule has 1 aliphatic heterocycles. The summed E-state index contributed by atoms with van der Waals surface area (Å²) in [6, 6.07) is 13.2. The van der Waals surface area contributed by atoms with Gasteiger partial charge in [0.1, 0.15) is 22.6 Å². The van der Waals surface area contributed by atoms with Crippen LogP contribution in [0, 0.1) is 11.8 Å². The number of methoxy groups -OCH3 is 1. The van der Waals surface area contributed by atoms with Crippen molar-refractivity contribution in [2.24, 2.45) is 11.8 Å². The molecular weight excluding hydrogens is 715 g/mol. The molecule has 51 heavy (non-hydrogen) atoms. The number of sulfone groups is 1. The summed E-state index contributed by atoms with van der Waals surface area (Å²) in [7, 11) is -5.79. The van der Waals surface area contributed by atoms with E-state index in [1.807, 2.05) is 58.0 Å². The number of urea groups is 1. The lowest BCUT2D eigenvalue weighted by atomic mass is 9.97.